The van der Waals surface area contributed by atoms with Gasteiger partial charge in [-0.25, -0.2) is 4.98 Å². The van der Waals surface area contributed by atoms with Gasteiger partial charge < -0.3 is 9.52 Å². The van der Waals surface area contributed by atoms with Gasteiger partial charge in [-0.3, -0.25) is 0 Å². The number of hydrogen-bond donors (Lipinski definition) is 1. The molecule has 0 saturated carbocycles. The van der Waals surface area contributed by atoms with Crippen LogP contribution in [0.15, 0.2) is 41.1 Å². The minimum absolute atomic E-state index is 0.165. The molecule has 0 aliphatic carbocycles. The minimum atomic E-state index is 0.165. The molecule has 1 N–H and O–H groups in total. The molecule has 2 aromatic rings. The van der Waals surface area contributed by atoms with Crippen molar-refractivity contribution in [2.75, 3.05) is 6.61 Å². The highest BCUT2D eigenvalue weighted by Crippen LogP contribution is 2.21. The van der Waals surface area contributed by atoms with E-state index < -0.39 is 0 Å². The van der Waals surface area contributed by atoms with Gasteiger partial charge in [-0.05, 0) is 17.7 Å². The largest absolute Gasteiger partial charge is 0.445 e. The molecule has 0 radical (unpaired) electrons. The normalized spacial score (nSPS) is 12.7. The number of hydrogen-bond acceptors (Lipinski definition) is 3. The van der Waals surface area contributed by atoms with Gasteiger partial charge in [0.15, 0.2) is 0 Å². The summed E-state index contributed by atoms with van der Waals surface area (Å²) in [7, 11) is 0. The van der Waals surface area contributed by atoms with Crippen LogP contribution in [0.2, 0.25) is 0 Å². The number of aromatic nitrogens is 1. The Balaban J connectivity index is 2.25. The van der Waals surface area contributed by atoms with Crippen LogP contribution in [0.5, 0.6) is 0 Å². The second kappa shape index (κ2) is 4.28. The Morgan fingerprint density at radius 3 is 2.60 bits per heavy atom. The van der Waals surface area contributed by atoms with Gasteiger partial charge in [0, 0.05) is 18.1 Å². The van der Waals surface area contributed by atoms with Crippen LogP contribution in [0.4, 0.5) is 0 Å². The lowest BCUT2D eigenvalue weighted by molar-refractivity contribution is 0.273. The lowest BCUT2D eigenvalue weighted by Gasteiger charge is -2.07. The summed E-state index contributed by atoms with van der Waals surface area (Å²) in [6.45, 7) is 2.15. The fourth-order valence-electron chi connectivity index (χ4n) is 1.43. The first-order valence-corrected chi connectivity index (χ1v) is 4.92. The van der Waals surface area contributed by atoms with Crippen molar-refractivity contribution in [3.05, 3.63) is 42.3 Å². The monoisotopic (exact) mass is 203 g/mol. The highest BCUT2D eigenvalue weighted by atomic mass is 16.3. The first-order chi connectivity index (χ1) is 7.31. The first-order valence-electron chi connectivity index (χ1n) is 4.92. The summed E-state index contributed by atoms with van der Waals surface area (Å²) in [5.74, 6) is 0.793. The van der Waals surface area contributed by atoms with Crippen molar-refractivity contribution >= 4 is 0 Å². The summed E-state index contributed by atoms with van der Waals surface area (Å²) in [6, 6.07) is 7.88. The molecule has 1 heterocycles. The van der Waals surface area contributed by atoms with Crippen LogP contribution < -0.4 is 0 Å². The average molecular weight is 203 g/mol. The molecule has 0 aliphatic rings. The first kappa shape index (κ1) is 9.93. The van der Waals surface area contributed by atoms with Crippen LogP contribution in [0, 0.1) is 0 Å². The van der Waals surface area contributed by atoms with Crippen molar-refractivity contribution in [2.24, 2.45) is 0 Å². The molecule has 0 amide bonds. The lowest BCUT2D eigenvalue weighted by Crippen LogP contribution is -1.98. The van der Waals surface area contributed by atoms with E-state index in [0.717, 1.165) is 11.1 Å². The lowest BCUT2D eigenvalue weighted by atomic mass is 10.0. The Hall–Kier alpha value is -1.61. The van der Waals surface area contributed by atoms with Gasteiger partial charge in [-0.15, -0.1) is 0 Å². The van der Waals surface area contributed by atoms with E-state index in [4.69, 9.17) is 9.52 Å². The minimum Gasteiger partial charge on any atom is -0.445 e. The molecule has 3 nitrogen and oxygen atoms in total. The van der Waals surface area contributed by atoms with E-state index >= 15 is 0 Å². The molecule has 3 heteroatoms. The van der Waals surface area contributed by atoms with Crippen LogP contribution in [-0.4, -0.2) is 16.7 Å². The molecule has 0 saturated heterocycles. The molecule has 0 fully saturated rings. The van der Waals surface area contributed by atoms with Crippen LogP contribution >= 0.6 is 0 Å². The number of aliphatic hydroxyl groups excluding tert-OH is 1. The molecule has 0 spiro atoms. The molecule has 1 unspecified atom stereocenters. The predicted octanol–water partition coefficient (Wildman–Crippen LogP) is 2.44. The Labute approximate surface area is 88.4 Å². The standard InChI is InChI=1S/C12H13NO2/c1-9(8-14)10-2-4-11(5-3-10)12-13-6-7-15-12/h2-7,9,14H,8H2,1H3. The van der Waals surface area contributed by atoms with Gasteiger partial charge in [-0.1, -0.05) is 19.1 Å². The zero-order valence-electron chi connectivity index (χ0n) is 8.55. The van der Waals surface area contributed by atoms with Gasteiger partial charge in [0.1, 0.15) is 6.26 Å². The summed E-state index contributed by atoms with van der Waals surface area (Å²) in [6.07, 6.45) is 3.18. The van der Waals surface area contributed by atoms with Crippen molar-refractivity contribution in [1.82, 2.24) is 4.98 Å². The van der Waals surface area contributed by atoms with Crippen molar-refractivity contribution in [2.45, 2.75) is 12.8 Å². The predicted molar refractivity (Wildman–Crippen MR) is 57.4 cm³/mol. The van der Waals surface area contributed by atoms with Gasteiger partial charge >= 0.3 is 0 Å². The number of aliphatic hydroxyl groups is 1. The van der Waals surface area contributed by atoms with Gasteiger partial charge in [0.25, 0.3) is 0 Å². The van der Waals surface area contributed by atoms with Gasteiger partial charge in [0.2, 0.25) is 5.89 Å². The highest BCUT2D eigenvalue weighted by molar-refractivity contribution is 5.53. The Kier molecular flexibility index (Phi) is 2.83. The van der Waals surface area contributed by atoms with Gasteiger partial charge in [-0.2, -0.15) is 0 Å². The molecule has 1 atom stereocenters. The summed E-state index contributed by atoms with van der Waals surface area (Å²) >= 11 is 0. The third-order valence-corrected chi connectivity index (χ3v) is 2.43. The number of oxazole rings is 1. The maximum Gasteiger partial charge on any atom is 0.225 e. The summed E-state index contributed by atoms with van der Waals surface area (Å²) in [5.41, 5.74) is 2.07. The van der Waals surface area contributed by atoms with Crippen LogP contribution in [0.3, 0.4) is 0 Å². The third kappa shape index (κ3) is 2.07. The maximum absolute atomic E-state index is 9.01. The van der Waals surface area contributed by atoms with Crippen molar-refractivity contribution < 1.29 is 9.52 Å². The molecule has 78 valence electrons. The quantitative estimate of drug-likeness (QED) is 0.833. The average Bonchev–Trinajstić information content (AvgIpc) is 2.82. The van der Waals surface area contributed by atoms with Crippen molar-refractivity contribution in [3.63, 3.8) is 0 Å². The fourth-order valence-corrected chi connectivity index (χ4v) is 1.43. The zero-order chi connectivity index (χ0) is 10.7. The molecule has 2 rings (SSSR count). The summed E-state index contributed by atoms with van der Waals surface area (Å²) < 4.78 is 5.19. The highest BCUT2D eigenvalue weighted by Gasteiger charge is 2.05. The number of benzene rings is 1. The Morgan fingerprint density at radius 2 is 2.07 bits per heavy atom. The van der Waals surface area contributed by atoms with E-state index in [-0.39, 0.29) is 12.5 Å². The van der Waals surface area contributed by atoms with Gasteiger partial charge in [0.05, 0.1) is 6.20 Å². The fraction of sp³-hybridized carbons (Fsp3) is 0.250. The van der Waals surface area contributed by atoms with E-state index in [1.807, 2.05) is 31.2 Å². The van der Waals surface area contributed by atoms with Crippen LogP contribution in [0.25, 0.3) is 11.5 Å². The molecule has 1 aromatic carbocycles. The van der Waals surface area contributed by atoms with E-state index in [1.165, 1.54) is 0 Å². The van der Waals surface area contributed by atoms with Crippen LogP contribution in [-0.2, 0) is 0 Å². The molecule has 0 bridgehead atoms. The number of rotatable bonds is 3. The maximum atomic E-state index is 9.01. The van der Waals surface area contributed by atoms with E-state index in [2.05, 4.69) is 4.98 Å². The second-order valence-electron chi connectivity index (χ2n) is 3.54. The molecule has 0 aliphatic heterocycles. The van der Waals surface area contributed by atoms with Crippen molar-refractivity contribution in [3.8, 4) is 11.5 Å². The second-order valence-corrected chi connectivity index (χ2v) is 3.54. The van der Waals surface area contributed by atoms with E-state index in [0.29, 0.717) is 5.89 Å². The Morgan fingerprint density at radius 1 is 1.33 bits per heavy atom. The molecular weight excluding hydrogens is 190 g/mol. The summed E-state index contributed by atoms with van der Waals surface area (Å²) in [4.78, 5) is 4.07. The molecule has 15 heavy (non-hydrogen) atoms. The summed E-state index contributed by atoms with van der Waals surface area (Å²) in [5, 5.41) is 9.01. The Bertz CT molecular complexity index is 406. The van der Waals surface area contributed by atoms with Crippen molar-refractivity contribution in [1.29, 1.82) is 0 Å². The SMILES string of the molecule is CC(CO)c1ccc(-c2ncco2)cc1. The molecule has 1 aromatic heterocycles. The zero-order valence-corrected chi connectivity index (χ0v) is 8.55. The molecular formula is C12H13NO2. The van der Waals surface area contributed by atoms with Crippen LogP contribution in [0.1, 0.15) is 18.4 Å². The third-order valence-electron chi connectivity index (χ3n) is 2.43. The van der Waals surface area contributed by atoms with E-state index in [9.17, 15) is 0 Å². The smallest absolute Gasteiger partial charge is 0.225 e. The van der Waals surface area contributed by atoms with E-state index in [1.54, 1.807) is 12.5 Å². The number of nitrogens with zero attached hydrogens (tertiary/aromatic N) is 1. The topological polar surface area (TPSA) is 46.3 Å².